The predicted molar refractivity (Wildman–Crippen MR) is 63.9 cm³/mol. The summed E-state index contributed by atoms with van der Waals surface area (Å²) < 4.78 is 0. The molecule has 2 N–H and O–H groups in total. The molecule has 0 aromatic carbocycles. The van der Waals surface area contributed by atoms with Crippen LogP contribution in [-0.4, -0.2) is 22.0 Å². The molecular weight excluding hydrogens is 240 g/mol. The zero-order chi connectivity index (χ0) is 12.8. The minimum atomic E-state index is -0.912. The number of nitrogens with one attached hydrogen (secondary N) is 1. The highest BCUT2D eigenvalue weighted by Gasteiger charge is 2.65. The molecule has 1 aliphatic rings. The summed E-state index contributed by atoms with van der Waals surface area (Å²) in [5, 5.41) is 12.2. The molecule has 0 bridgehead atoms. The van der Waals surface area contributed by atoms with Crippen molar-refractivity contribution in [3.8, 4) is 0 Å². The molecule has 1 fully saturated rings. The molecule has 0 spiro atoms. The fraction of sp³-hybridized carbons (Fsp3) is 0.545. The lowest BCUT2D eigenvalue weighted by Crippen LogP contribution is -2.17. The molecule has 0 saturated heterocycles. The van der Waals surface area contributed by atoms with Crippen LogP contribution in [0.5, 0.6) is 0 Å². The van der Waals surface area contributed by atoms with Crippen LogP contribution in [0.1, 0.15) is 18.7 Å². The molecule has 1 saturated carbocycles. The highest BCUT2D eigenvalue weighted by atomic mass is 32.1. The van der Waals surface area contributed by atoms with Gasteiger partial charge in [0.1, 0.15) is 0 Å². The minimum Gasteiger partial charge on any atom is -0.481 e. The van der Waals surface area contributed by atoms with Gasteiger partial charge in [-0.25, -0.2) is 4.98 Å². The first-order chi connectivity index (χ1) is 7.84. The third-order valence-electron chi connectivity index (χ3n) is 3.23. The van der Waals surface area contributed by atoms with Crippen molar-refractivity contribution in [3.05, 3.63) is 11.1 Å². The molecule has 1 aromatic heterocycles. The van der Waals surface area contributed by atoms with Crippen molar-refractivity contribution < 1.29 is 14.7 Å². The van der Waals surface area contributed by atoms with Crippen molar-refractivity contribution in [2.75, 3.05) is 5.32 Å². The Hall–Kier alpha value is -1.43. The summed E-state index contributed by atoms with van der Waals surface area (Å²) in [6, 6.07) is 0. The van der Waals surface area contributed by atoms with Crippen molar-refractivity contribution in [3.63, 3.8) is 0 Å². The molecule has 2 atom stereocenters. The van der Waals surface area contributed by atoms with Crippen LogP contribution in [0.4, 0.5) is 5.13 Å². The molecule has 1 aliphatic carbocycles. The van der Waals surface area contributed by atoms with Gasteiger partial charge in [0.25, 0.3) is 0 Å². The van der Waals surface area contributed by atoms with E-state index in [-0.39, 0.29) is 5.91 Å². The third-order valence-corrected chi connectivity index (χ3v) is 4.06. The number of aryl methyl sites for hydroxylation is 1. The second-order valence-electron chi connectivity index (χ2n) is 4.88. The number of aromatic nitrogens is 1. The quantitative estimate of drug-likeness (QED) is 0.861. The number of carboxylic acid groups (broad SMARTS) is 1. The standard InChI is InChI=1S/C11H14N2O3S/c1-5-4-12-10(17-5)13-8(14)6-7(9(15)16)11(6,2)3/h4,6-7H,1-3H3,(H,15,16)(H,12,13,14)/t6-,7-/m1/s1. The van der Waals surface area contributed by atoms with E-state index in [0.29, 0.717) is 5.13 Å². The molecular formula is C11H14N2O3S. The number of anilines is 1. The number of rotatable bonds is 3. The summed E-state index contributed by atoms with van der Waals surface area (Å²) in [6.07, 6.45) is 1.67. The van der Waals surface area contributed by atoms with Crippen LogP contribution in [0.25, 0.3) is 0 Å². The Labute approximate surface area is 103 Å². The van der Waals surface area contributed by atoms with Gasteiger partial charge in [-0.05, 0) is 12.3 Å². The van der Waals surface area contributed by atoms with Crippen LogP contribution in [0, 0.1) is 24.2 Å². The van der Waals surface area contributed by atoms with E-state index in [4.69, 9.17) is 5.11 Å². The van der Waals surface area contributed by atoms with Gasteiger partial charge >= 0.3 is 5.97 Å². The summed E-state index contributed by atoms with van der Waals surface area (Å²) in [5.74, 6) is -2.23. The minimum absolute atomic E-state index is 0.253. The molecule has 2 rings (SSSR count). The lowest BCUT2D eigenvalue weighted by molar-refractivity contribution is -0.140. The van der Waals surface area contributed by atoms with Gasteiger partial charge in [0.05, 0.1) is 11.8 Å². The number of carbonyl (C=O) groups excluding carboxylic acids is 1. The van der Waals surface area contributed by atoms with Gasteiger partial charge in [-0.2, -0.15) is 0 Å². The Bertz CT molecular complexity index is 481. The number of nitrogens with zero attached hydrogens (tertiary/aromatic N) is 1. The maximum atomic E-state index is 11.9. The number of aliphatic carboxylic acids is 1. The Morgan fingerprint density at radius 3 is 2.53 bits per heavy atom. The maximum Gasteiger partial charge on any atom is 0.307 e. The van der Waals surface area contributed by atoms with Crippen molar-refractivity contribution in [1.82, 2.24) is 4.98 Å². The van der Waals surface area contributed by atoms with Gasteiger partial charge < -0.3 is 10.4 Å². The first-order valence-electron chi connectivity index (χ1n) is 5.30. The number of thiazole rings is 1. The lowest BCUT2D eigenvalue weighted by Gasteiger charge is -2.02. The van der Waals surface area contributed by atoms with Gasteiger partial charge in [-0.15, -0.1) is 11.3 Å². The highest BCUT2D eigenvalue weighted by Crippen LogP contribution is 2.58. The molecule has 1 heterocycles. The van der Waals surface area contributed by atoms with E-state index in [1.54, 1.807) is 20.0 Å². The van der Waals surface area contributed by atoms with Crippen LogP contribution in [0.2, 0.25) is 0 Å². The summed E-state index contributed by atoms with van der Waals surface area (Å²) in [6.45, 7) is 5.49. The van der Waals surface area contributed by atoms with Gasteiger partial charge in [-0.1, -0.05) is 13.8 Å². The number of carbonyl (C=O) groups is 2. The van der Waals surface area contributed by atoms with Crippen molar-refractivity contribution in [1.29, 1.82) is 0 Å². The molecule has 17 heavy (non-hydrogen) atoms. The number of hydrogen-bond donors (Lipinski definition) is 2. The van der Waals surface area contributed by atoms with Crippen LogP contribution < -0.4 is 5.32 Å². The number of carboxylic acids is 1. The average Bonchev–Trinajstić information content (AvgIpc) is 2.54. The van der Waals surface area contributed by atoms with Gasteiger partial charge in [-0.3, -0.25) is 9.59 Å². The van der Waals surface area contributed by atoms with E-state index >= 15 is 0 Å². The Balaban J connectivity index is 2.05. The summed E-state index contributed by atoms with van der Waals surface area (Å²) in [7, 11) is 0. The molecule has 0 unspecified atom stereocenters. The van der Waals surface area contributed by atoms with E-state index in [2.05, 4.69) is 10.3 Å². The maximum absolute atomic E-state index is 11.9. The summed E-state index contributed by atoms with van der Waals surface area (Å²) >= 11 is 1.38. The number of amides is 1. The first-order valence-corrected chi connectivity index (χ1v) is 6.12. The average molecular weight is 254 g/mol. The largest absolute Gasteiger partial charge is 0.481 e. The normalized spacial score (nSPS) is 25.4. The van der Waals surface area contributed by atoms with E-state index in [1.807, 2.05) is 6.92 Å². The van der Waals surface area contributed by atoms with Gasteiger partial charge in [0.15, 0.2) is 5.13 Å². The van der Waals surface area contributed by atoms with Gasteiger partial charge in [0.2, 0.25) is 5.91 Å². The SMILES string of the molecule is Cc1cnc(NC(=O)[C@H]2[C@H](C(=O)O)C2(C)C)s1. The van der Waals surface area contributed by atoms with Crippen LogP contribution in [0.3, 0.4) is 0 Å². The first kappa shape index (κ1) is 12.0. The zero-order valence-corrected chi connectivity index (χ0v) is 10.7. The topological polar surface area (TPSA) is 79.3 Å². The van der Waals surface area contributed by atoms with Crippen LogP contribution in [-0.2, 0) is 9.59 Å². The molecule has 1 amide bonds. The predicted octanol–water partition coefficient (Wildman–Crippen LogP) is 1.75. The van der Waals surface area contributed by atoms with E-state index < -0.39 is 23.2 Å². The Kier molecular flexibility index (Phi) is 2.69. The zero-order valence-electron chi connectivity index (χ0n) is 9.85. The summed E-state index contributed by atoms with van der Waals surface area (Å²) in [4.78, 5) is 27.9. The van der Waals surface area contributed by atoms with Crippen molar-refractivity contribution >= 4 is 28.3 Å². The molecule has 5 nitrogen and oxygen atoms in total. The number of hydrogen-bond acceptors (Lipinski definition) is 4. The van der Waals surface area contributed by atoms with Crippen molar-refractivity contribution in [2.24, 2.45) is 17.3 Å². The fourth-order valence-electron chi connectivity index (χ4n) is 2.18. The van der Waals surface area contributed by atoms with Crippen LogP contribution in [0.15, 0.2) is 6.20 Å². The Morgan fingerprint density at radius 1 is 1.47 bits per heavy atom. The van der Waals surface area contributed by atoms with Crippen LogP contribution >= 0.6 is 11.3 Å². The van der Waals surface area contributed by atoms with Gasteiger partial charge in [0, 0.05) is 11.1 Å². The second kappa shape index (κ2) is 3.80. The second-order valence-corrected chi connectivity index (χ2v) is 6.12. The Morgan fingerprint density at radius 2 is 2.12 bits per heavy atom. The molecule has 0 radical (unpaired) electrons. The van der Waals surface area contributed by atoms with E-state index in [1.165, 1.54) is 11.3 Å². The van der Waals surface area contributed by atoms with E-state index in [9.17, 15) is 9.59 Å². The van der Waals surface area contributed by atoms with Crippen molar-refractivity contribution in [2.45, 2.75) is 20.8 Å². The molecule has 0 aliphatic heterocycles. The molecule has 92 valence electrons. The summed E-state index contributed by atoms with van der Waals surface area (Å²) in [5.41, 5.74) is -0.470. The fourth-order valence-corrected chi connectivity index (χ4v) is 2.85. The third kappa shape index (κ3) is 2.04. The highest BCUT2D eigenvalue weighted by molar-refractivity contribution is 7.15. The molecule has 1 aromatic rings. The monoisotopic (exact) mass is 254 g/mol. The molecule has 6 heteroatoms. The smallest absolute Gasteiger partial charge is 0.307 e. The van der Waals surface area contributed by atoms with E-state index in [0.717, 1.165) is 4.88 Å². The lowest BCUT2D eigenvalue weighted by atomic mass is 10.1.